The summed E-state index contributed by atoms with van der Waals surface area (Å²) in [6.07, 6.45) is 5.21. The van der Waals surface area contributed by atoms with Gasteiger partial charge in [0.05, 0.1) is 11.8 Å². The van der Waals surface area contributed by atoms with Crippen LogP contribution in [0.4, 0.5) is 0 Å². The molecule has 0 aliphatic carbocycles. The van der Waals surface area contributed by atoms with Crippen LogP contribution in [0.15, 0.2) is 12.3 Å². The molecule has 74 valence electrons. The molecule has 0 aromatic carbocycles. The van der Waals surface area contributed by atoms with E-state index in [4.69, 9.17) is 0 Å². The van der Waals surface area contributed by atoms with E-state index in [-0.39, 0.29) is 6.10 Å². The van der Waals surface area contributed by atoms with Crippen LogP contribution in [0.5, 0.6) is 0 Å². The molecule has 3 nitrogen and oxygen atoms in total. The second-order valence-electron chi connectivity index (χ2n) is 3.12. The average Bonchev–Trinajstić information content (AvgIpc) is 2.48. The van der Waals surface area contributed by atoms with E-state index >= 15 is 0 Å². The van der Waals surface area contributed by atoms with Crippen LogP contribution in [-0.4, -0.2) is 33.0 Å². The van der Waals surface area contributed by atoms with Crippen molar-refractivity contribution in [1.82, 2.24) is 9.78 Å². The number of rotatable bonds is 5. The summed E-state index contributed by atoms with van der Waals surface area (Å²) < 4.78 is 1.76. The first-order chi connectivity index (χ1) is 6.22. The molecule has 0 aliphatic heterocycles. The van der Waals surface area contributed by atoms with Gasteiger partial charge >= 0.3 is 0 Å². The molecule has 13 heavy (non-hydrogen) atoms. The van der Waals surface area contributed by atoms with E-state index in [1.165, 1.54) is 0 Å². The highest BCUT2D eigenvalue weighted by Crippen LogP contribution is 2.06. The molecule has 0 saturated carbocycles. The number of hydrogen-bond acceptors (Lipinski definition) is 3. The Morgan fingerprint density at radius 3 is 3.00 bits per heavy atom. The van der Waals surface area contributed by atoms with Gasteiger partial charge in [0.25, 0.3) is 0 Å². The van der Waals surface area contributed by atoms with E-state index in [0.717, 1.165) is 17.9 Å². The van der Waals surface area contributed by atoms with Crippen molar-refractivity contribution < 1.29 is 5.11 Å². The third-order valence-electron chi connectivity index (χ3n) is 1.87. The number of aliphatic hydroxyl groups excluding tert-OH is 1. The third-order valence-corrected chi connectivity index (χ3v) is 2.51. The smallest absolute Gasteiger partial charge is 0.0650 e. The van der Waals surface area contributed by atoms with Gasteiger partial charge in [0.2, 0.25) is 0 Å². The van der Waals surface area contributed by atoms with Crippen LogP contribution in [0.25, 0.3) is 0 Å². The fourth-order valence-corrected chi connectivity index (χ4v) is 1.68. The maximum atomic E-state index is 9.58. The average molecular weight is 200 g/mol. The number of thioether (sulfide) groups is 1. The van der Waals surface area contributed by atoms with Gasteiger partial charge in [-0.15, -0.1) is 0 Å². The Labute approximate surface area is 83.1 Å². The summed E-state index contributed by atoms with van der Waals surface area (Å²) in [4.78, 5) is 0. The number of aromatic nitrogens is 2. The standard InChI is InChI=1S/C9H16N2OS/c1-11-5-3-8(10-11)7-9(12)4-6-13-2/h3,5,9,12H,4,6-7H2,1-2H3. The summed E-state index contributed by atoms with van der Waals surface area (Å²) in [6, 6.07) is 1.95. The van der Waals surface area contributed by atoms with Crippen LogP contribution in [0, 0.1) is 0 Å². The molecule has 4 heteroatoms. The van der Waals surface area contributed by atoms with Crippen LogP contribution in [0.1, 0.15) is 12.1 Å². The van der Waals surface area contributed by atoms with Gasteiger partial charge in [-0.25, -0.2) is 0 Å². The van der Waals surface area contributed by atoms with Crippen LogP contribution in [0.3, 0.4) is 0 Å². The first kappa shape index (κ1) is 10.6. The minimum absolute atomic E-state index is 0.248. The fourth-order valence-electron chi connectivity index (χ4n) is 1.17. The molecule has 0 amide bonds. The molecule has 0 aliphatic rings. The molecule has 1 atom stereocenters. The second kappa shape index (κ2) is 5.29. The Morgan fingerprint density at radius 2 is 2.46 bits per heavy atom. The number of aryl methyl sites for hydroxylation is 1. The molecule has 1 rings (SSSR count). The predicted octanol–water partition coefficient (Wildman–Crippen LogP) is 1.08. The molecular weight excluding hydrogens is 184 g/mol. The summed E-state index contributed by atoms with van der Waals surface area (Å²) in [5.74, 6) is 1.01. The van der Waals surface area contributed by atoms with Crippen LogP contribution in [0.2, 0.25) is 0 Å². The van der Waals surface area contributed by atoms with Gasteiger partial charge in [-0.3, -0.25) is 4.68 Å². The second-order valence-corrected chi connectivity index (χ2v) is 4.11. The summed E-state index contributed by atoms with van der Waals surface area (Å²) in [7, 11) is 1.89. The lowest BCUT2D eigenvalue weighted by atomic mass is 10.1. The van der Waals surface area contributed by atoms with E-state index in [1.54, 1.807) is 16.4 Å². The highest BCUT2D eigenvalue weighted by atomic mass is 32.2. The molecule has 0 saturated heterocycles. The van der Waals surface area contributed by atoms with Gasteiger partial charge in [-0.2, -0.15) is 16.9 Å². The molecule has 0 bridgehead atoms. The van der Waals surface area contributed by atoms with Crippen molar-refractivity contribution in [2.45, 2.75) is 18.9 Å². The van der Waals surface area contributed by atoms with E-state index in [9.17, 15) is 5.11 Å². The normalized spacial score (nSPS) is 13.2. The lowest BCUT2D eigenvalue weighted by molar-refractivity contribution is 0.170. The summed E-state index contributed by atoms with van der Waals surface area (Å²) in [5.41, 5.74) is 0.969. The Bertz CT molecular complexity index is 250. The van der Waals surface area contributed by atoms with Crippen molar-refractivity contribution in [1.29, 1.82) is 0 Å². The van der Waals surface area contributed by atoms with Crippen molar-refractivity contribution in [3.8, 4) is 0 Å². The minimum Gasteiger partial charge on any atom is -0.393 e. The highest BCUT2D eigenvalue weighted by molar-refractivity contribution is 7.98. The molecule has 1 N–H and O–H groups in total. The summed E-state index contributed by atoms with van der Waals surface area (Å²) in [6.45, 7) is 0. The van der Waals surface area contributed by atoms with Gasteiger partial charge in [-0.05, 0) is 24.5 Å². The number of nitrogens with zero attached hydrogens (tertiary/aromatic N) is 2. The molecule has 1 unspecified atom stereocenters. The quantitative estimate of drug-likeness (QED) is 0.773. The molecule has 1 aromatic rings. The van der Waals surface area contributed by atoms with E-state index in [1.807, 2.05) is 25.6 Å². The van der Waals surface area contributed by atoms with Gasteiger partial charge in [0.15, 0.2) is 0 Å². The Balaban J connectivity index is 2.31. The minimum atomic E-state index is -0.248. The third kappa shape index (κ3) is 3.83. The molecule has 0 radical (unpaired) electrons. The molecule has 1 heterocycles. The van der Waals surface area contributed by atoms with Crippen LogP contribution in [-0.2, 0) is 13.5 Å². The largest absolute Gasteiger partial charge is 0.393 e. The number of aliphatic hydroxyl groups is 1. The van der Waals surface area contributed by atoms with Crippen LogP contribution < -0.4 is 0 Å². The Kier molecular flexibility index (Phi) is 4.32. The van der Waals surface area contributed by atoms with E-state index < -0.39 is 0 Å². The van der Waals surface area contributed by atoms with Crippen molar-refractivity contribution in [2.75, 3.05) is 12.0 Å². The van der Waals surface area contributed by atoms with Crippen molar-refractivity contribution in [2.24, 2.45) is 7.05 Å². The summed E-state index contributed by atoms with van der Waals surface area (Å²) >= 11 is 1.76. The zero-order chi connectivity index (χ0) is 9.68. The predicted molar refractivity (Wildman–Crippen MR) is 55.9 cm³/mol. The zero-order valence-electron chi connectivity index (χ0n) is 8.10. The monoisotopic (exact) mass is 200 g/mol. The molecule has 1 aromatic heterocycles. The highest BCUT2D eigenvalue weighted by Gasteiger charge is 2.06. The molecule has 0 fully saturated rings. The van der Waals surface area contributed by atoms with Crippen LogP contribution >= 0.6 is 11.8 Å². The lowest BCUT2D eigenvalue weighted by Gasteiger charge is -2.06. The SMILES string of the molecule is CSCCC(O)Cc1ccn(C)n1. The molecular formula is C9H16N2OS. The van der Waals surface area contributed by atoms with Gasteiger partial charge in [-0.1, -0.05) is 0 Å². The molecule has 0 spiro atoms. The fraction of sp³-hybridized carbons (Fsp3) is 0.667. The Morgan fingerprint density at radius 1 is 1.69 bits per heavy atom. The van der Waals surface area contributed by atoms with E-state index in [2.05, 4.69) is 5.10 Å². The van der Waals surface area contributed by atoms with E-state index in [0.29, 0.717) is 6.42 Å². The lowest BCUT2D eigenvalue weighted by Crippen LogP contribution is -2.12. The van der Waals surface area contributed by atoms with Gasteiger partial charge in [0, 0.05) is 19.7 Å². The zero-order valence-corrected chi connectivity index (χ0v) is 8.92. The number of hydrogen-bond donors (Lipinski definition) is 1. The van der Waals surface area contributed by atoms with Crippen molar-refractivity contribution >= 4 is 11.8 Å². The van der Waals surface area contributed by atoms with Gasteiger partial charge < -0.3 is 5.11 Å². The maximum absolute atomic E-state index is 9.58. The first-order valence-electron chi connectivity index (χ1n) is 4.38. The maximum Gasteiger partial charge on any atom is 0.0650 e. The van der Waals surface area contributed by atoms with Crippen molar-refractivity contribution in [3.63, 3.8) is 0 Å². The topological polar surface area (TPSA) is 38.0 Å². The Hall–Kier alpha value is -0.480. The summed E-state index contributed by atoms with van der Waals surface area (Å²) in [5, 5.41) is 13.8. The van der Waals surface area contributed by atoms with Crippen molar-refractivity contribution in [3.05, 3.63) is 18.0 Å². The van der Waals surface area contributed by atoms with Gasteiger partial charge in [0.1, 0.15) is 0 Å². The first-order valence-corrected chi connectivity index (χ1v) is 5.77.